The first-order chi connectivity index (χ1) is 12.7. The van der Waals surface area contributed by atoms with Crippen LogP contribution in [0.3, 0.4) is 0 Å². The van der Waals surface area contributed by atoms with Crippen LogP contribution in [0.1, 0.15) is 52.5 Å². The minimum atomic E-state index is -1.92. The molecular weight excluding hydrogens is 346 g/mol. The molecule has 2 rings (SSSR count). The topological polar surface area (TPSA) is 73.9 Å². The van der Waals surface area contributed by atoms with Crippen LogP contribution in [0.15, 0.2) is 30.3 Å². The van der Waals surface area contributed by atoms with Gasteiger partial charge in [0.1, 0.15) is 5.60 Å². The van der Waals surface area contributed by atoms with E-state index >= 15 is 0 Å². The Labute approximate surface area is 160 Å². The van der Waals surface area contributed by atoms with Gasteiger partial charge in [0.25, 0.3) is 0 Å². The second kappa shape index (κ2) is 8.92. The van der Waals surface area contributed by atoms with Gasteiger partial charge >= 0.3 is 17.8 Å². The number of esters is 1. The lowest BCUT2D eigenvalue weighted by atomic mass is 9.95. The van der Waals surface area contributed by atoms with Gasteiger partial charge in [0.15, 0.2) is 0 Å². The van der Waals surface area contributed by atoms with Crippen LogP contribution < -0.4 is 5.32 Å². The molecule has 0 aliphatic heterocycles. The predicted molar refractivity (Wildman–Crippen MR) is 101 cm³/mol. The first kappa shape index (κ1) is 20.8. The number of ether oxygens (including phenoxy) is 3. The zero-order valence-corrected chi connectivity index (χ0v) is 16.3. The number of benzene rings is 1. The third-order valence-electron chi connectivity index (χ3n) is 3.79. The molecule has 1 amide bonds. The Morgan fingerprint density at radius 3 is 2.37 bits per heavy atom. The molecule has 1 fully saturated rings. The summed E-state index contributed by atoms with van der Waals surface area (Å²) in [5.41, 5.74) is -1.96. The summed E-state index contributed by atoms with van der Waals surface area (Å²) in [6.07, 6.45) is 1.63. The van der Waals surface area contributed by atoms with E-state index < -0.39 is 23.4 Å². The lowest BCUT2D eigenvalue weighted by Gasteiger charge is -2.35. The average Bonchev–Trinajstić information content (AvgIpc) is 2.55. The highest BCUT2D eigenvalue weighted by molar-refractivity contribution is 5.88. The van der Waals surface area contributed by atoms with E-state index in [-0.39, 0.29) is 12.7 Å². The van der Waals surface area contributed by atoms with Crippen LogP contribution in [-0.2, 0) is 19.0 Å². The maximum atomic E-state index is 12.7. The maximum absolute atomic E-state index is 12.7. The molecule has 1 aromatic rings. The molecule has 0 saturated heterocycles. The largest absolute Gasteiger partial charge is 0.462 e. The molecule has 1 saturated carbocycles. The van der Waals surface area contributed by atoms with Gasteiger partial charge in [0.2, 0.25) is 0 Å². The third-order valence-corrected chi connectivity index (χ3v) is 3.79. The zero-order valence-electron chi connectivity index (χ0n) is 16.3. The smallest absolute Gasteiger partial charge is 0.411 e. The van der Waals surface area contributed by atoms with Crippen molar-refractivity contribution >= 4 is 12.1 Å². The summed E-state index contributed by atoms with van der Waals surface area (Å²) in [7, 11) is 0. The van der Waals surface area contributed by atoms with Crippen LogP contribution in [0.25, 0.3) is 0 Å². The van der Waals surface area contributed by atoms with Crippen molar-refractivity contribution in [3.05, 3.63) is 35.9 Å². The number of nitrogens with one attached hydrogen (secondary N) is 1. The molecule has 1 unspecified atom stereocenters. The van der Waals surface area contributed by atoms with Gasteiger partial charge in [-0.05, 0) is 65.0 Å². The van der Waals surface area contributed by atoms with Crippen LogP contribution in [0.2, 0.25) is 0 Å². The van der Waals surface area contributed by atoms with E-state index in [1.807, 2.05) is 18.2 Å². The second-order valence-corrected chi connectivity index (χ2v) is 7.32. The van der Waals surface area contributed by atoms with Crippen molar-refractivity contribution in [1.82, 2.24) is 5.32 Å². The van der Waals surface area contributed by atoms with Crippen molar-refractivity contribution < 1.29 is 23.8 Å². The van der Waals surface area contributed by atoms with Crippen molar-refractivity contribution in [3.8, 4) is 11.8 Å². The SMILES string of the molecule is CCOC(=O)C(C#Cc1ccccc1)(NC(=O)OC(C)(C)C)OC1CCC1. The molecule has 0 radical (unpaired) electrons. The molecule has 1 aromatic carbocycles. The Kier molecular flexibility index (Phi) is 6.86. The molecule has 0 aromatic heterocycles. The minimum absolute atomic E-state index is 0.137. The number of alkyl carbamates (subject to hydrolysis) is 1. The summed E-state index contributed by atoms with van der Waals surface area (Å²) in [6, 6.07) is 9.15. The molecule has 1 aliphatic carbocycles. The van der Waals surface area contributed by atoms with Crippen molar-refractivity contribution in [3.63, 3.8) is 0 Å². The Hall–Kier alpha value is -2.52. The molecule has 0 heterocycles. The van der Waals surface area contributed by atoms with E-state index in [1.54, 1.807) is 39.8 Å². The number of amides is 1. The number of rotatable bonds is 5. The van der Waals surface area contributed by atoms with Gasteiger partial charge in [0, 0.05) is 5.56 Å². The van der Waals surface area contributed by atoms with Gasteiger partial charge < -0.3 is 14.2 Å². The summed E-state index contributed by atoms with van der Waals surface area (Å²) in [5, 5.41) is 2.51. The quantitative estimate of drug-likeness (QED) is 0.486. The fourth-order valence-electron chi connectivity index (χ4n) is 2.34. The van der Waals surface area contributed by atoms with Crippen LogP contribution in [0.4, 0.5) is 4.79 Å². The molecule has 1 N–H and O–H groups in total. The molecule has 27 heavy (non-hydrogen) atoms. The first-order valence-corrected chi connectivity index (χ1v) is 9.18. The van der Waals surface area contributed by atoms with Gasteiger partial charge in [-0.15, -0.1) is 0 Å². The van der Waals surface area contributed by atoms with Gasteiger partial charge in [-0.1, -0.05) is 24.1 Å². The van der Waals surface area contributed by atoms with Gasteiger partial charge in [-0.2, -0.15) is 0 Å². The Morgan fingerprint density at radius 2 is 1.85 bits per heavy atom. The molecule has 1 aliphatic rings. The van der Waals surface area contributed by atoms with Crippen molar-refractivity contribution in [2.75, 3.05) is 6.61 Å². The predicted octanol–water partition coefficient (Wildman–Crippen LogP) is 3.39. The molecule has 6 nitrogen and oxygen atoms in total. The Morgan fingerprint density at radius 1 is 1.19 bits per heavy atom. The van der Waals surface area contributed by atoms with E-state index in [1.165, 1.54) is 0 Å². The third kappa shape index (κ3) is 6.30. The maximum Gasteiger partial charge on any atom is 0.411 e. The standard InChI is InChI=1S/C21H27NO5/c1-5-25-18(23)21(26-17-12-9-13-17,22-19(24)27-20(2,3)4)15-14-16-10-7-6-8-11-16/h6-8,10-11,17H,5,9,12-13H2,1-4H3,(H,22,24). The van der Waals surface area contributed by atoms with Gasteiger partial charge in [-0.25, -0.2) is 9.59 Å². The summed E-state index contributed by atoms with van der Waals surface area (Å²) in [4.78, 5) is 25.1. The van der Waals surface area contributed by atoms with E-state index in [2.05, 4.69) is 17.2 Å². The van der Waals surface area contributed by atoms with Gasteiger partial charge in [-0.3, -0.25) is 5.32 Å². The monoisotopic (exact) mass is 373 g/mol. The average molecular weight is 373 g/mol. The number of hydrogen-bond acceptors (Lipinski definition) is 5. The lowest BCUT2D eigenvalue weighted by Crippen LogP contribution is -2.59. The highest BCUT2D eigenvalue weighted by Gasteiger charge is 2.46. The fraction of sp³-hybridized carbons (Fsp3) is 0.524. The molecule has 0 spiro atoms. The van der Waals surface area contributed by atoms with Crippen LogP contribution in [-0.4, -0.2) is 36.1 Å². The molecule has 0 bridgehead atoms. The molecule has 1 atom stereocenters. The number of carbonyl (C=O) groups is 2. The minimum Gasteiger partial charge on any atom is -0.462 e. The van der Waals surface area contributed by atoms with E-state index in [0.717, 1.165) is 19.3 Å². The van der Waals surface area contributed by atoms with E-state index in [9.17, 15) is 9.59 Å². The fourth-order valence-corrected chi connectivity index (χ4v) is 2.34. The summed E-state index contributed by atoms with van der Waals surface area (Å²) < 4.78 is 16.4. The zero-order chi connectivity index (χ0) is 19.9. The van der Waals surface area contributed by atoms with E-state index in [4.69, 9.17) is 14.2 Å². The second-order valence-electron chi connectivity index (χ2n) is 7.32. The molecule has 6 heteroatoms. The summed E-state index contributed by atoms with van der Waals surface area (Å²) in [6.45, 7) is 7.03. The molecular formula is C21H27NO5. The van der Waals surface area contributed by atoms with Crippen molar-refractivity contribution in [2.45, 2.75) is 64.4 Å². The highest BCUT2D eigenvalue weighted by Crippen LogP contribution is 2.27. The Balaban J connectivity index is 2.36. The summed E-state index contributed by atoms with van der Waals surface area (Å²) >= 11 is 0. The number of carbonyl (C=O) groups excluding carboxylic acids is 2. The van der Waals surface area contributed by atoms with E-state index in [0.29, 0.717) is 5.56 Å². The number of hydrogen-bond donors (Lipinski definition) is 1. The highest BCUT2D eigenvalue weighted by atomic mass is 16.6. The lowest BCUT2D eigenvalue weighted by molar-refractivity contribution is -0.179. The van der Waals surface area contributed by atoms with Crippen molar-refractivity contribution in [2.24, 2.45) is 0 Å². The molecule has 146 valence electrons. The summed E-state index contributed by atoms with van der Waals surface area (Å²) in [5.74, 6) is 4.93. The van der Waals surface area contributed by atoms with Crippen molar-refractivity contribution in [1.29, 1.82) is 0 Å². The van der Waals surface area contributed by atoms with Crippen LogP contribution in [0, 0.1) is 11.8 Å². The first-order valence-electron chi connectivity index (χ1n) is 9.18. The van der Waals surface area contributed by atoms with Crippen LogP contribution >= 0.6 is 0 Å². The van der Waals surface area contributed by atoms with Gasteiger partial charge in [0.05, 0.1) is 12.7 Å². The normalized spacial score (nSPS) is 16.1. The Bertz CT molecular complexity index is 710. The van der Waals surface area contributed by atoms with Crippen LogP contribution in [0.5, 0.6) is 0 Å².